The number of nitrogens with one attached hydrogen (secondary N) is 2. The molecule has 1 aromatic heterocycles. The molecule has 0 aliphatic heterocycles. The number of anilines is 1. The molecule has 0 unspecified atom stereocenters. The maximum atomic E-state index is 12.2. The van der Waals surface area contributed by atoms with Crippen molar-refractivity contribution < 1.29 is 13.9 Å². The van der Waals surface area contributed by atoms with Crippen LogP contribution in [0.3, 0.4) is 0 Å². The fourth-order valence-corrected chi connectivity index (χ4v) is 2.73. The number of hydrogen-bond donors (Lipinski definition) is 2. The lowest BCUT2D eigenvalue weighted by Gasteiger charge is -2.12. The summed E-state index contributed by atoms with van der Waals surface area (Å²) in [6.07, 6.45) is 2.21. The number of rotatable bonds is 7. The smallest absolute Gasteiger partial charge is 0.319 e. The van der Waals surface area contributed by atoms with Crippen LogP contribution in [0.2, 0.25) is 0 Å². The zero-order valence-corrected chi connectivity index (χ0v) is 16.4. The Morgan fingerprint density at radius 1 is 1.11 bits per heavy atom. The van der Waals surface area contributed by atoms with E-state index >= 15 is 0 Å². The van der Waals surface area contributed by atoms with Gasteiger partial charge in [0.15, 0.2) is 0 Å². The number of carbonyl (C=O) groups is 1. The van der Waals surface area contributed by atoms with Gasteiger partial charge in [0.2, 0.25) is 5.89 Å². The minimum Gasteiger partial charge on any atom is -0.492 e. The molecule has 0 saturated heterocycles. The highest BCUT2D eigenvalue weighted by Gasteiger charge is 2.09. The lowest BCUT2D eigenvalue weighted by molar-refractivity contribution is 0.252. The zero-order valence-electron chi connectivity index (χ0n) is 16.4. The molecule has 2 amide bonds. The van der Waals surface area contributed by atoms with Gasteiger partial charge < -0.3 is 19.8 Å². The molecule has 28 heavy (non-hydrogen) atoms. The van der Waals surface area contributed by atoms with Crippen molar-refractivity contribution in [3.63, 3.8) is 0 Å². The molecular weight excluding hydrogens is 354 g/mol. The first-order valence-corrected chi connectivity index (χ1v) is 9.35. The molecule has 2 N–H and O–H groups in total. The van der Waals surface area contributed by atoms with E-state index in [0.717, 1.165) is 16.8 Å². The van der Waals surface area contributed by atoms with E-state index in [9.17, 15) is 4.79 Å². The van der Waals surface area contributed by atoms with Crippen LogP contribution in [0, 0.1) is 13.8 Å². The summed E-state index contributed by atoms with van der Waals surface area (Å²) >= 11 is 0. The summed E-state index contributed by atoms with van der Waals surface area (Å²) in [4.78, 5) is 16.7. The van der Waals surface area contributed by atoms with Gasteiger partial charge in [-0.2, -0.15) is 0 Å². The Bertz CT molecular complexity index is 932. The van der Waals surface area contributed by atoms with Crippen LogP contribution >= 0.6 is 0 Å². The van der Waals surface area contributed by atoms with Crippen molar-refractivity contribution in [1.82, 2.24) is 10.3 Å². The molecular formula is C22H25N3O3. The SMILES string of the molecule is CCOc1cc(C)ccc1NC(=O)NCCc1coc(-c2ccc(C)cc2)n1. The van der Waals surface area contributed by atoms with Crippen LogP contribution in [0.5, 0.6) is 5.75 Å². The number of oxazole rings is 1. The predicted octanol–water partition coefficient (Wildman–Crippen LogP) is 4.72. The molecule has 0 fully saturated rings. The molecule has 3 rings (SSSR count). The van der Waals surface area contributed by atoms with Crippen LogP contribution in [0.1, 0.15) is 23.7 Å². The van der Waals surface area contributed by atoms with Crippen molar-refractivity contribution in [3.05, 3.63) is 65.5 Å². The maximum Gasteiger partial charge on any atom is 0.319 e. The summed E-state index contributed by atoms with van der Waals surface area (Å²) in [7, 11) is 0. The van der Waals surface area contributed by atoms with Crippen molar-refractivity contribution in [2.24, 2.45) is 0 Å². The average Bonchev–Trinajstić information content (AvgIpc) is 3.14. The molecule has 2 aromatic carbocycles. The van der Waals surface area contributed by atoms with E-state index in [0.29, 0.717) is 36.9 Å². The van der Waals surface area contributed by atoms with Crippen LogP contribution in [0.15, 0.2) is 53.1 Å². The zero-order chi connectivity index (χ0) is 19.9. The number of hydrogen-bond acceptors (Lipinski definition) is 4. The summed E-state index contributed by atoms with van der Waals surface area (Å²) in [5.41, 5.74) is 4.64. The van der Waals surface area contributed by atoms with Gasteiger partial charge in [-0.25, -0.2) is 9.78 Å². The molecule has 0 saturated carbocycles. The first-order valence-electron chi connectivity index (χ1n) is 9.35. The molecule has 0 radical (unpaired) electrons. The second-order valence-electron chi connectivity index (χ2n) is 6.57. The quantitative estimate of drug-likeness (QED) is 0.623. The first kappa shape index (κ1) is 19.5. The average molecular weight is 379 g/mol. The van der Waals surface area contributed by atoms with Gasteiger partial charge in [-0.3, -0.25) is 0 Å². The minimum atomic E-state index is -0.285. The molecule has 0 atom stereocenters. The first-order chi connectivity index (χ1) is 13.5. The molecule has 0 spiro atoms. The molecule has 0 aliphatic carbocycles. The third-order valence-corrected chi connectivity index (χ3v) is 4.20. The number of ether oxygens (including phenoxy) is 1. The Morgan fingerprint density at radius 2 is 1.86 bits per heavy atom. The summed E-state index contributed by atoms with van der Waals surface area (Å²) < 4.78 is 11.1. The largest absolute Gasteiger partial charge is 0.492 e. The highest BCUT2D eigenvalue weighted by molar-refractivity contribution is 5.91. The fourth-order valence-electron chi connectivity index (χ4n) is 2.73. The minimum absolute atomic E-state index is 0.285. The molecule has 146 valence electrons. The van der Waals surface area contributed by atoms with Gasteiger partial charge in [-0.05, 0) is 50.6 Å². The predicted molar refractivity (Wildman–Crippen MR) is 110 cm³/mol. The maximum absolute atomic E-state index is 12.2. The Kier molecular flexibility index (Phi) is 6.32. The summed E-state index contributed by atoms with van der Waals surface area (Å²) in [5.74, 6) is 1.25. The highest BCUT2D eigenvalue weighted by Crippen LogP contribution is 2.25. The Morgan fingerprint density at radius 3 is 2.61 bits per heavy atom. The summed E-state index contributed by atoms with van der Waals surface area (Å²) in [5, 5.41) is 5.66. The standard InChI is InChI=1S/C22H25N3O3/c1-4-27-20-13-16(3)7-10-19(20)25-22(26)23-12-11-18-14-28-21(24-18)17-8-5-15(2)6-9-17/h5-10,13-14H,4,11-12H2,1-3H3,(H2,23,25,26). The van der Waals surface area contributed by atoms with E-state index in [1.54, 1.807) is 6.26 Å². The van der Waals surface area contributed by atoms with Gasteiger partial charge in [-0.15, -0.1) is 0 Å². The topological polar surface area (TPSA) is 76.4 Å². The monoisotopic (exact) mass is 379 g/mol. The van der Waals surface area contributed by atoms with Crippen LogP contribution in [0.4, 0.5) is 10.5 Å². The summed E-state index contributed by atoms with van der Waals surface area (Å²) in [6, 6.07) is 13.4. The Balaban J connectivity index is 1.51. The molecule has 6 heteroatoms. The van der Waals surface area contributed by atoms with E-state index in [1.807, 2.05) is 63.2 Å². The molecule has 3 aromatic rings. The second-order valence-corrected chi connectivity index (χ2v) is 6.57. The van der Waals surface area contributed by atoms with Gasteiger partial charge in [0.1, 0.15) is 12.0 Å². The molecule has 1 heterocycles. The van der Waals surface area contributed by atoms with Crippen molar-refractivity contribution in [2.45, 2.75) is 27.2 Å². The Labute approximate surface area is 164 Å². The molecule has 0 aliphatic rings. The van der Waals surface area contributed by atoms with E-state index in [-0.39, 0.29) is 6.03 Å². The summed E-state index contributed by atoms with van der Waals surface area (Å²) in [6.45, 7) is 6.91. The van der Waals surface area contributed by atoms with Crippen molar-refractivity contribution in [1.29, 1.82) is 0 Å². The number of amides is 2. The second kappa shape index (κ2) is 9.08. The van der Waals surface area contributed by atoms with E-state index in [2.05, 4.69) is 15.6 Å². The number of urea groups is 1. The van der Waals surface area contributed by atoms with Crippen molar-refractivity contribution in [2.75, 3.05) is 18.5 Å². The van der Waals surface area contributed by atoms with Gasteiger partial charge in [-0.1, -0.05) is 23.8 Å². The van der Waals surface area contributed by atoms with Gasteiger partial charge in [0.05, 0.1) is 18.0 Å². The van der Waals surface area contributed by atoms with Crippen molar-refractivity contribution >= 4 is 11.7 Å². The normalized spacial score (nSPS) is 10.5. The number of aromatic nitrogens is 1. The lowest BCUT2D eigenvalue weighted by Crippen LogP contribution is -2.30. The fraction of sp³-hybridized carbons (Fsp3) is 0.273. The third-order valence-electron chi connectivity index (χ3n) is 4.20. The van der Waals surface area contributed by atoms with E-state index in [1.165, 1.54) is 5.56 Å². The number of carbonyl (C=O) groups excluding carboxylic acids is 1. The third kappa shape index (κ3) is 5.13. The molecule has 0 bridgehead atoms. The van der Waals surface area contributed by atoms with Crippen molar-refractivity contribution in [3.8, 4) is 17.2 Å². The van der Waals surface area contributed by atoms with Gasteiger partial charge in [0, 0.05) is 18.5 Å². The molecule has 6 nitrogen and oxygen atoms in total. The van der Waals surface area contributed by atoms with Crippen LogP contribution in [-0.4, -0.2) is 24.2 Å². The van der Waals surface area contributed by atoms with E-state index in [4.69, 9.17) is 9.15 Å². The van der Waals surface area contributed by atoms with Crippen LogP contribution < -0.4 is 15.4 Å². The number of aryl methyl sites for hydroxylation is 2. The Hall–Kier alpha value is -3.28. The number of nitrogens with zero attached hydrogens (tertiary/aromatic N) is 1. The highest BCUT2D eigenvalue weighted by atomic mass is 16.5. The van der Waals surface area contributed by atoms with Gasteiger partial charge in [0.25, 0.3) is 0 Å². The van der Waals surface area contributed by atoms with Gasteiger partial charge >= 0.3 is 6.03 Å². The lowest BCUT2D eigenvalue weighted by atomic mass is 10.1. The number of benzene rings is 2. The van der Waals surface area contributed by atoms with Crippen LogP contribution in [-0.2, 0) is 6.42 Å². The van der Waals surface area contributed by atoms with Crippen LogP contribution in [0.25, 0.3) is 11.5 Å². The van der Waals surface area contributed by atoms with E-state index < -0.39 is 0 Å².